The van der Waals surface area contributed by atoms with Gasteiger partial charge in [0, 0.05) is 15.8 Å². The summed E-state index contributed by atoms with van der Waals surface area (Å²) in [5.74, 6) is -0.689. The third-order valence-electron chi connectivity index (χ3n) is 5.44. The van der Waals surface area contributed by atoms with Crippen LogP contribution in [0.4, 0.5) is 11.4 Å². The fourth-order valence-electron chi connectivity index (χ4n) is 3.58. The molecule has 1 aliphatic heterocycles. The zero-order valence-corrected chi connectivity index (χ0v) is 21.1. The number of nitriles is 1. The highest BCUT2D eigenvalue weighted by Crippen LogP contribution is 2.42. The number of thioether (sulfide) groups is 1. The molecule has 0 bridgehead atoms. The highest BCUT2D eigenvalue weighted by atomic mass is 79.9. The Labute approximate surface area is 211 Å². The Bertz CT molecular complexity index is 1290. The molecule has 0 saturated carbocycles. The molecule has 1 unspecified atom stereocenters. The average molecular weight is 532 g/mol. The lowest BCUT2D eigenvalue weighted by atomic mass is 10.1. The highest BCUT2D eigenvalue weighted by molar-refractivity contribution is 9.10. The van der Waals surface area contributed by atoms with Crippen molar-refractivity contribution in [1.82, 2.24) is 0 Å². The fourth-order valence-corrected chi connectivity index (χ4v) is 5.15. The molecule has 34 heavy (non-hydrogen) atoms. The van der Waals surface area contributed by atoms with E-state index < -0.39 is 11.2 Å². The number of halogens is 1. The van der Waals surface area contributed by atoms with E-state index in [1.54, 1.807) is 12.1 Å². The van der Waals surface area contributed by atoms with Crippen molar-refractivity contribution in [1.29, 1.82) is 5.26 Å². The van der Waals surface area contributed by atoms with Crippen LogP contribution in [0.1, 0.15) is 16.7 Å². The molecule has 1 atom stereocenters. The van der Waals surface area contributed by atoms with Gasteiger partial charge in [0.1, 0.15) is 16.7 Å². The summed E-state index contributed by atoms with van der Waals surface area (Å²) in [6.07, 6.45) is 0.487. The molecule has 0 spiro atoms. The predicted molar refractivity (Wildman–Crippen MR) is 140 cm³/mol. The molecule has 0 aromatic heterocycles. The molecule has 1 saturated heterocycles. The van der Waals surface area contributed by atoms with E-state index in [1.807, 2.05) is 80.6 Å². The van der Waals surface area contributed by atoms with Crippen molar-refractivity contribution in [2.75, 3.05) is 10.2 Å². The van der Waals surface area contributed by atoms with Gasteiger partial charge in [-0.15, -0.1) is 0 Å². The minimum atomic E-state index is -0.539. The van der Waals surface area contributed by atoms with Crippen LogP contribution in [0.5, 0.6) is 0 Å². The standard InChI is InChI=1S/C27H22BrN3O2S/c1-17-3-11-21(12-4-17)30-25(32)23(16-29)27-31(22-13-5-18(2)6-14-22)26(33)24(34-27)15-19-7-9-20(28)10-8-19/h3-14,24H,15H2,1-2H3,(H,30,32)/b27-23-. The van der Waals surface area contributed by atoms with Gasteiger partial charge in [0.15, 0.2) is 0 Å². The Balaban J connectivity index is 1.71. The molecule has 7 heteroatoms. The molecule has 3 aromatic carbocycles. The maximum Gasteiger partial charge on any atom is 0.269 e. The summed E-state index contributed by atoms with van der Waals surface area (Å²) in [5, 5.41) is 12.6. The molecule has 5 nitrogen and oxygen atoms in total. The van der Waals surface area contributed by atoms with E-state index >= 15 is 0 Å². The molecule has 2 amide bonds. The lowest BCUT2D eigenvalue weighted by Gasteiger charge is -2.19. The first-order valence-corrected chi connectivity index (χ1v) is 12.4. The molecule has 170 valence electrons. The van der Waals surface area contributed by atoms with Crippen molar-refractivity contribution < 1.29 is 9.59 Å². The molecule has 3 aromatic rings. The molecule has 4 rings (SSSR count). The molecule has 1 heterocycles. The quantitative estimate of drug-likeness (QED) is 0.317. The Morgan fingerprint density at radius 2 is 1.59 bits per heavy atom. The number of carbonyl (C=O) groups is 2. The molecule has 1 N–H and O–H groups in total. The zero-order valence-electron chi connectivity index (χ0n) is 18.7. The van der Waals surface area contributed by atoms with Crippen LogP contribution in [0, 0.1) is 25.2 Å². The second-order valence-electron chi connectivity index (χ2n) is 8.06. The Kier molecular flexibility index (Phi) is 7.20. The number of hydrogen-bond donors (Lipinski definition) is 1. The third-order valence-corrected chi connectivity index (χ3v) is 7.23. The molecule has 1 aliphatic rings. The van der Waals surface area contributed by atoms with E-state index in [2.05, 4.69) is 21.2 Å². The molecular formula is C27H22BrN3O2S. The van der Waals surface area contributed by atoms with Gasteiger partial charge in [0.2, 0.25) is 5.91 Å². The van der Waals surface area contributed by atoms with Gasteiger partial charge in [-0.05, 0) is 62.2 Å². The maximum absolute atomic E-state index is 13.5. The van der Waals surface area contributed by atoms with Crippen LogP contribution >= 0.6 is 27.7 Å². The summed E-state index contributed by atoms with van der Waals surface area (Å²) in [4.78, 5) is 28.1. The van der Waals surface area contributed by atoms with Crippen LogP contribution in [-0.4, -0.2) is 17.1 Å². The van der Waals surface area contributed by atoms with E-state index in [4.69, 9.17) is 0 Å². The Morgan fingerprint density at radius 1 is 1.00 bits per heavy atom. The topological polar surface area (TPSA) is 73.2 Å². The number of nitrogens with zero attached hydrogens (tertiary/aromatic N) is 2. The Morgan fingerprint density at radius 3 is 2.18 bits per heavy atom. The Hall–Kier alpha value is -3.34. The normalized spacial score (nSPS) is 16.8. The largest absolute Gasteiger partial charge is 0.321 e. The van der Waals surface area contributed by atoms with Crippen molar-refractivity contribution in [3.05, 3.63) is 105 Å². The predicted octanol–water partition coefficient (Wildman–Crippen LogP) is 6.13. The summed E-state index contributed by atoms with van der Waals surface area (Å²) in [6.45, 7) is 3.92. The first-order valence-electron chi connectivity index (χ1n) is 10.7. The van der Waals surface area contributed by atoms with Gasteiger partial charge in [-0.3, -0.25) is 14.5 Å². The molecule has 0 aliphatic carbocycles. The minimum Gasteiger partial charge on any atom is -0.321 e. The summed E-state index contributed by atoms with van der Waals surface area (Å²) < 4.78 is 0.961. The van der Waals surface area contributed by atoms with Gasteiger partial charge in [-0.2, -0.15) is 5.26 Å². The zero-order chi connectivity index (χ0) is 24.2. The number of rotatable bonds is 5. The number of nitrogens with one attached hydrogen (secondary N) is 1. The van der Waals surface area contributed by atoms with Crippen LogP contribution in [0.25, 0.3) is 0 Å². The van der Waals surface area contributed by atoms with Crippen LogP contribution in [0.3, 0.4) is 0 Å². The maximum atomic E-state index is 13.5. The van der Waals surface area contributed by atoms with E-state index in [0.717, 1.165) is 21.2 Å². The lowest BCUT2D eigenvalue weighted by Crippen LogP contribution is -2.30. The number of aryl methyl sites for hydroxylation is 2. The summed E-state index contributed by atoms with van der Waals surface area (Å²) in [5.41, 5.74) is 4.26. The van der Waals surface area contributed by atoms with Crippen molar-refractivity contribution >= 4 is 50.9 Å². The minimum absolute atomic E-state index is 0.0854. The average Bonchev–Trinajstić information content (AvgIpc) is 3.13. The molecule has 0 radical (unpaired) electrons. The number of amides is 2. The van der Waals surface area contributed by atoms with Gasteiger partial charge in [0.05, 0.1) is 5.25 Å². The van der Waals surface area contributed by atoms with Crippen LogP contribution in [0.2, 0.25) is 0 Å². The summed E-state index contributed by atoms with van der Waals surface area (Å²) in [7, 11) is 0. The van der Waals surface area contributed by atoms with Crippen molar-refractivity contribution in [3.63, 3.8) is 0 Å². The van der Waals surface area contributed by atoms with Crippen molar-refractivity contribution in [3.8, 4) is 6.07 Å². The second-order valence-corrected chi connectivity index (χ2v) is 10.2. The first kappa shape index (κ1) is 23.8. The highest BCUT2D eigenvalue weighted by Gasteiger charge is 2.40. The number of carbonyl (C=O) groups excluding carboxylic acids is 2. The van der Waals surface area contributed by atoms with Crippen molar-refractivity contribution in [2.45, 2.75) is 25.5 Å². The van der Waals surface area contributed by atoms with Gasteiger partial charge in [0.25, 0.3) is 5.91 Å². The van der Waals surface area contributed by atoms with E-state index in [-0.39, 0.29) is 11.5 Å². The van der Waals surface area contributed by atoms with Crippen LogP contribution < -0.4 is 10.2 Å². The summed E-state index contributed by atoms with van der Waals surface area (Å²) in [6, 6.07) is 24.7. The van der Waals surface area contributed by atoms with Gasteiger partial charge >= 0.3 is 0 Å². The smallest absolute Gasteiger partial charge is 0.269 e. The fraction of sp³-hybridized carbons (Fsp3) is 0.148. The third kappa shape index (κ3) is 5.24. The number of hydrogen-bond acceptors (Lipinski definition) is 4. The SMILES string of the molecule is Cc1ccc(NC(=O)/C(C#N)=C2\SC(Cc3ccc(Br)cc3)C(=O)N2c2ccc(C)cc2)cc1. The van der Waals surface area contributed by atoms with Crippen LogP contribution in [-0.2, 0) is 16.0 Å². The number of benzene rings is 3. The van der Waals surface area contributed by atoms with E-state index in [9.17, 15) is 14.9 Å². The van der Waals surface area contributed by atoms with E-state index in [1.165, 1.54) is 16.7 Å². The second kappa shape index (κ2) is 10.3. The van der Waals surface area contributed by atoms with E-state index in [0.29, 0.717) is 22.8 Å². The van der Waals surface area contributed by atoms with Gasteiger partial charge in [-0.1, -0.05) is 75.2 Å². The van der Waals surface area contributed by atoms with Crippen LogP contribution in [0.15, 0.2) is 87.9 Å². The monoisotopic (exact) mass is 531 g/mol. The molecule has 1 fully saturated rings. The number of anilines is 2. The summed E-state index contributed by atoms with van der Waals surface area (Å²) >= 11 is 4.69. The van der Waals surface area contributed by atoms with Crippen molar-refractivity contribution in [2.24, 2.45) is 0 Å². The van der Waals surface area contributed by atoms with Gasteiger partial charge < -0.3 is 5.32 Å². The van der Waals surface area contributed by atoms with Gasteiger partial charge in [-0.25, -0.2) is 0 Å². The first-order chi connectivity index (χ1) is 16.4. The molecular weight excluding hydrogens is 510 g/mol. The lowest BCUT2D eigenvalue weighted by molar-refractivity contribution is -0.117.